The van der Waals surface area contributed by atoms with Gasteiger partial charge in [-0.05, 0) is 49.7 Å². The Morgan fingerprint density at radius 1 is 1.21 bits per heavy atom. The fourth-order valence-electron chi connectivity index (χ4n) is 2.23. The zero-order valence-corrected chi connectivity index (χ0v) is 15.0. The number of thioether (sulfide) groups is 1. The summed E-state index contributed by atoms with van der Waals surface area (Å²) < 4.78 is 5.59. The number of aliphatic hydroxyl groups is 1. The minimum Gasteiger partial charge on any atom is -0.491 e. The van der Waals surface area contributed by atoms with Crippen molar-refractivity contribution in [3.8, 4) is 5.75 Å². The number of ether oxygens (including phenoxy) is 1. The van der Waals surface area contributed by atoms with Gasteiger partial charge < -0.3 is 15.2 Å². The fourth-order valence-corrected chi connectivity index (χ4v) is 3.14. The molecule has 0 radical (unpaired) electrons. The van der Waals surface area contributed by atoms with Gasteiger partial charge in [0.25, 0.3) is 0 Å². The van der Waals surface area contributed by atoms with Gasteiger partial charge in [0.2, 0.25) is 5.91 Å². The summed E-state index contributed by atoms with van der Waals surface area (Å²) in [5.41, 5.74) is 3.19. The van der Waals surface area contributed by atoms with Crippen molar-refractivity contribution in [1.29, 1.82) is 0 Å². The second-order valence-corrected chi connectivity index (χ2v) is 6.81. The third-order valence-electron chi connectivity index (χ3n) is 3.38. The van der Waals surface area contributed by atoms with Crippen molar-refractivity contribution in [2.24, 2.45) is 0 Å². The normalized spacial score (nSPS) is 11.8. The van der Waals surface area contributed by atoms with Gasteiger partial charge in [-0.1, -0.05) is 17.7 Å². The minimum absolute atomic E-state index is 0.109. The van der Waals surface area contributed by atoms with Crippen molar-refractivity contribution in [1.82, 2.24) is 0 Å². The molecule has 128 valence electrons. The topological polar surface area (TPSA) is 58.6 Å². The average Bonchev–Trinajstić information content (AvgIpc) is 2.53. The molecule has 0 saturated heterocycles. The lowest BCUT2D eigenvalue weighted by Crippen LogP contribution is -2.20. The maximum atomic E-state index is 11.0. The van der Waals surface area contributed by atoms with Crippen LogP contribution in [0.4, 0.5) is 5.69 Å². The first-order valence-electron chi connectivity index (χ1n) is 7.82. The maximum absolute atomic E-state index is 11.0. The number of anilines is 1. The summed E-state index contributed by atoms with van der Waals surface area (Å²) in [4.78, 5) is 12.1. The molecule has 0 bridgehead atoms. The molecule has 0 aliphatic rings. The second-order valence-electron chi connectivity index (χ2n) is 5.75. The lowest BCUT2D eigenvalue weighted by atomic mass is 10.2. The highest BCUT2D eigenvalue weighted by Crippen LogP contribution is 2.24. The number of hydrogen-bond donors (Lipinski definition) is 2. The number of hydrogen-bond acceptors (Lipinski definition) is 4. The van der Waals surface area contributed by atoms with E-state index >= 15 is 0 Å². The van der Waals surface area contributed by atoms with E-state index in [1.165, 1.54) is 22.9 Å². The maximum Gasteiger partial charge on any atom is 0.221 e. The fraction of sp³-hybridized carbons (Fsp3) is 0.316. The highest BCUT2D eigenvalue weighted by Gasteiger charge is 2.08. The third kappa shape index (κ3) is 5.91. The zero-order valence-electron chi connectivity index (χ0n) is 14.2. The Kier molecular flexibility index (Phi) is 6.70. The van der Waals surface area contributed by atoms with Crippen LogP contribution in [0.5, 0.6) is 5.75 Å². The molecule has 0 saturated carbocycles. The number of benzene rings is 2. The molecule has 1 atom stereocenters. The van der Waals surface area contributed by atoms with Crippen LogP contribution in [0.3, 0.4) is 0 Å². The first-order valence-corrected chi connectivity index (χ1v) is 8.81. The number of carbonyl (C=O) groups is 1. The zero-order chi connectivity index (χ0) is 17.5. The second kappa shape index (κ2) is 8.76. The summed E-state index contributed by atoms with van der Waals surface area (Å²) in [5.74, 6) is 1.13. The highest BCUT2D eigenvalue weighted by molar-refractivity contribution is 7.99. The molecular weight excluding hydrogens is 322 g/mol. The average molecular weight is 345 g/mol. The molecule has 2 aromatic rings. The molecule has 0 heterocycles. The van der Waals surface area contributed by atoms with Crippen LogP contribution in [0.2, 0.25) is 0 Å². The molecule has 0 spiro atoms. The van der Waals surface area contributed by atoms with E-state index in [-0.39, 0.29) is 12.5 Å². The summed E-state index contributed by atoms with van der Waals surface area (Å²) in [7, 11) is 0. The molecule has 2 rings (SSSR count). The molecule has 0 aliphatic carbocycles. The molecule has 2 aromatic carbocycles. The summed E-state index contributed by atoms with van der Waals surface area (Å²) in [5, 5.41) is 12.8. The van der Waals surface area contributed by atoms with Gasteiger partial charge in [0.1, 0.15) is 12.4 Å². The van der Waals surface area contributed by atoms with Crippen LogP contribution >= 0.6 is 11.8 Å². The van der Waals surface area contributed by atoms with E-state index in [0.29, 0.717) is 11.5 Å². The quantitative estimate of drug-likeness (QED) is 0.750. The molecule has 0 fully saturated rings. The predicted octanol–water partition coefficient (Wildman–Crippen LogP) is 3.79. The Hall–Kier alpha value is -1.98. The first-order chi connectivity index (χ1) is 11.4. The Labute approximate surface area is 147 Å². The lowest BCUT2D eigenvalue weighted by molar-refractivity contribution is -0.114. The summed E-state index contributed by atoms with van der Waals surface area (Å²) in [6.45, 7) is 5.85. The van der Waals surface area contributed by atoms with Gasteiger partial charge in [0, 0.05) is 23.3 Å². The molecular formula is C19H23NO3S. The number of aryl methyl sites for hydroxylation is 2. The van der Waals surface area contributed by atoms with Gasteiger partial charge in [-0.25, -0.2) is 0 Å². The molecule has 1 unspecified atom stereocenters. The van der Waals surface area contributed by atoms with Crippen LogP contribution in [-0.4, -0.2) is 29.5 Å². The van der Waals surface area contributed by atoms with E-state index in [2.05, 4.69) is 37.4 Å². The van der Waals surface area contributed by atoms with Crippen molar-refractivity contribution < 1.29 is 14.6 Å². The predicted molar refractivity (Wildman–Crippen MR) is 98.9 cm³/mol. The number of carbonyl (C=O) groups excluding carboxylic acids is 1. The number of amides is 1. The van der Waals surface area contributed by atoms with Crippen LogP contribution < -0.4 is 10.1 Å². The van der Waals surface area contributed by atoms with Crippen molar-refractivity contribution in [2.75, 3.05) is 17.7 Å². The Morgan fingerprint density at radius 3 is 2.54 bits per heavy atom. The van der Waals surface area contributed by atoms with Gasteiger partial charge in [0.15, 0.2) is 0 Å². The summed E-state index contributed by atoms with van der Waals surface area (Å²) in [6.07, 6.45) is -0.550. The number of aliphatic hydroxyl groups excluding tert-OH is 1. The molecule has 1 amide bonds. The summed E-state index contributed by atoms with van der Waals surface area (Å²) >= 11 is 1.63. The Morgan fingerprint density at radius 2 is 1.92 bits per heavy atom. The van der Waals surface area contributed by atoms with Crippen LogP contribution in [-0.2, 0) is 4.79 Å². The summed E-state index contributed by atoms with van der Waals surface area (Å²) in [6, 6.07) is 13.4. The molecule has 4 nitrogen and oxygen atoms in total. The van der Waals surface area contributed by atoms with E-state index in [0.717, 1.165) is 5.69 Å². The molecule has 24 heavy (non-hydrogen) atoms. The molecule has 2 N–H and O–H groups in total. The Balaban J connectivity index is 1.78. The van der Waals surface area contributed by atoms with E-state index in [9.17, 15) is 9.90 Å². The van der Waals surface area contributed by atoms with Gasteiger partial charge in [-0.3, -0.25) is 4.79 Å². The van der Waals surface area contributed by atoms with E-state index in [1.807, 2.05) is 0 Å². The molecule has 0 aliphatic heterocycles. The SMILES string of the molecule is CC(=O)Nc1ccc(OCC(O)CSc2ccc(C)cc2C)cc1. The van der Waals surface area contributed by atoms with E-state index < -0.39 is 6.10 Å². The van der Waals surface area contributed by atoms with Gasteiger partial charge in [-0.15, -0.1) is 11.8 Å². The third-order valence-corrected chi connectivity index (χ3v) is 4.70. The van der Waals surface area contributed by atoms with E-state index in [4.69, 9.17) is 4.74 Å². The molecule has 5 heteroatoms. The number of nitrogens with one attached hydrogen (secondary N) is 1. The van der Waals surface area contributed by atoms with Crippen molar-refractivity contribution >= 4 is 23.4 Å². The van der Waals surface area contributed by atoms with Gasteiger partial charge in [0.05, 0.1) is 6.10 Å². The minimum atomic E-state index is -0.550. The largest absolute Gasteiger partial charge is 0.491 e. The lowest BCUT2D eigenvalue weighted by Gasteiger charge is -2.13. The highest BCUT2D eigenvalue weighted by atomic mass is 32.2. The van der Waals surface area contributed by atoms with Crippen molar-refractivity contribution in [3.05, 3.63) is 53.6 Å². The monoisotopic (exact) mass is 345 g/mol. The van der Waals surface area contributed by atoms with E-state index in [1.54, 1.807) is 36.0 Å². The first kappa shape index (κ1) is 18.4. The number of rotatable bonds is 7. The van der Waals surface area contributed by atoms with Crippen LogP contribution in [0.1, 0.15) is 18.1 Å². The van der Waals surface area contributed by atoms with Crippen molar-refractivity contribution in [3.63, 3.8) is 0 Å². The van der Waals surface area contributed by atoms with Gasteiger partial charge >= 0.3 is 0 Å². The van der Waals surface area contributed by atoms with Crippen molar-refractivity contribution in [2.45, 2.75) is 31.8 Å². The van der Waals surface area contributed by atoms with Crippen LogP contribution in [0, 0.1) is 13.8 Å². The standard InChI is InChI=1S/C19H23NO3S/c1-13-4-9-19(14(2)10-13)24-12-17(22)11-23-18-7-5-16(6-8-18)20-15(3)21/h4-10,17,22H,11-12H2,1-3H3,(H,20,21). The smallest absolute Gasteiger partial charge is 0.221 e. The molecule has 0 aromatic heterocycles. The van der Waals surface area contributed by atoms with Gasteiger partial charge in [-0.2, -0.15) is 0 Å². The van der Waals surface area contributed by atoms with Crippen LogP contribution in [0.15, 0.2) is 47.4 Å². The Bertz CT molecular complexity index is 686. The van der Waals surface area contributed by atoms with Crippen LogP contribution in [0.25, 0.3) is 0 Å².